The molecule has 0 amide bonds. The van der Waals surface area contributed by atoms with Crippen LogP contribution < -0.4 is 10.1 Å². The van der Waals surface area contributed by atoms with Crippen molar-refractivity contribution in [2.45, 2.75) is 46.1 Å². The van der Waals surface area contributed by atoms with Gasteiger partial charge in [0.2, 0.25) is 0 Å². The first kappa shape index (κ1) is 14.0. The fraction of sp³-hybridized carbons (Fsp3) is 0.600. The minimum Gasteiger partial charge on any atom is -0.496 e. The molecule has 1 atom stereocenters. The lowest BCUT2D eigenvalue weighted by Crippen LogP contribution is -2.24. The Labute approximate surface area is 105 Å². The van der Waals surface area contributed by atoms with E-state index in [0.29, 0.717) is 6.04 Å². The Hall–Kier alpha value is -1.02. The van der Waals surface area contributed by atoms with E-state index in [1.807, 2.05) is 7.05 Å². The molecular formula is C15H25NO. The number of nitrogens with one attached hydrogen (secondary N) is 1. The van der Waals surface area contributed by atoms with Crippen LogP contribution in [0, 0.1) is 13.8 Å². The van der Waals surface area contributed by atoms with Crippen LogP contribution in [0.4, 0.5) is 0 Å². The maximum atomic E-state index is 5.54. The molecule has 1 rings (SSSR count). The number of rotatable bonds is 6. The second kappa shape index (κ2) is 6.65. The molecule has 2 heteroatoms. The van der Waals surface area contributed by atoms with Crippen molar-refractivity contribution in [2.24, 2.45) is 0 Å². The van der Waals surface area contributed by atoms with Crippen molar-refractivity contribution in [1.29, 1.82) is 0 Å². The number of ether oxygens (including phenoxy) is 1. The van der Waals surface area contributed by atoms with Crippen molar-refractivity contribution in [3.05, 3.63) is 28.8 Å². The van der Waals surface area contributed by atoms with Crippen LogP contribution in [0.1, 0.15) is 36.5 Å². The lowest BCUT2D eigenvalue weighted by Gasteiger charge is -2.17. The molecule has 0 aliphatic heterocycles. The molecule has 17 heavy (non-hydrogen) atoms. The Morgan fingerprint density at radius 2 is 2.00 bits per heavy atom. The summed E-state index contributed by atoms with van der Waals surface area (Å²) in [6.07, 6.45) is 3.40. The molecule has 0 saturated heterocycles. The molecule has 1 aromatic carbocycles. The summed E-state index contributed by atoms with van der Waals surface area (Å²) in [5, 5.41) is 3.34. The number of hydrogen-bond acceptors (Lipinski definition) is 2. The number of benzene rings is 1. The Bertz CT molecular complexity index is 356. The van der Waals surface area contributed by atoms with Crippen molar-refractivity contribution in [1.82, 2.24) is 5.32 Å². The zero-order valence-electron chi connectivity index (χ0n) is 11.8. The molecule has 0 heterocycles. The van der Waals surface area contributed by atoms with Gasteiger partial charge in [0.15, 0.2) is 0 Å². The summed E-state index contributed by atoms with van der Waals surface area (Å²) in [5.41, 5.74) is 3.89. The highest BCUT2D eigenvalue weighted by Crippen LogP contribution is 2.27. The van der Waals surface area contributed by atoms with E-state index >= 15 is 0 Å². The van der Waals surface area contributed by atoms with E-state index in [0.717, 1.165) is 18.6 Å². The van der Waals surface area contributed by atoms with Gasteiger partial charge in [0.25, 0.3) is 0 Å². The van der Waals surface area contributed by atoms with E-state index in [-0.39, 0.29) is 0 Å². The van der Waals surface area contributed by atoms with Crippen molar-refractivity contribution in [2.75, 3.05) is 14.2 Å². The van der Waals surface area contributed by atoms with Crippen LogP contribution in [0.5, 0.6) is 5.75 Å². The zero-order valence-corrected chi connectivity index (χ0v) is 11.8. The predicted molar refractivity (Wildman–Crippen MR) is 73.9 cm³/mol. The van der Waals surface area contributed by atoms with Crippen LogP contribution in [0.15, 0.2) is 12.1 Å². The molecular weight excluding hydrogens is 210 g/mol. The maximum absolute atomic E-state index is 5.54. The number of hydrogen-bond donors (Lipinski definition) is 1. The average Bonchev–Trinajstić information content (AvgIpc) is 2.35. The van der Waals surface area contributed by atoms with Gasteiger partial charge in [-0.3, -0.25) is 0 Å². The SMILES string of the molecule is CCC(CCc1ccc(C)c(C)c1OC)NC. The molecule has 0 radical (unpaired) electrons. The van der Waals surface area contributed by atoms with Crippen LogP contribution in [-0.2, 0) is 6.42 Å². The van der Waals surface area contributed by atoms with Crippen LogP contribution in [-0.4, -0.2) is 20.2 Å². The van der Waals surface area contributed by atoms with Gasteiger partial charge < -0.3 is 10.1 Å². The van der Waals surface area contributed by atoms with Gasteiger partial charge in [-0.05, 0) is 56.8 Å². The standard InChI is InChI=1S/C15H25NO/c1-6-14(16-4)10-9-13-8-7-11(2)12(3)15(13)17-5/h7-8,14,16H,6,9-10H2,1-5H3. The topological polar surface area (TPSA) is 21.3 Å². The summed E-state index contributed by atoms with van der Waals surface area (Å²) in [7, 11) is 3.80. The maximum Gasteiger partial charge on any atom is 0.125 e. The van der Waals surface area contributed by atoms with Crippen LogP contribution >= 0.6 is 0 Å². The predicted octanol–water partition coefficient (Wildman–Crippen LogP) is 3.24. The molecule has 1 aromatic rings. The van der Waals surface area contributed by atoms with Gasteiger partial charge in [-0.2, -0.15) is 0 Å². The van der Waals surface area contributed by atoms with Gasteiger partial charge in [-0.25, -0.2) is 0 Å². The lowest BCUT2D eigenvalue weighted by atomic mass is 9.98. The monoisotopic (exact) mass is 235 g/mol. The highest BCUT2D eigenvalue weighted by molar-refractivity contribution is 5.45. The number of methoxy groups -OCH3 is 1. The van der Waals surface area contributed by atoms with Crippen molar-refractivity contribution >= 4 is 0 Å². The summed E-state index contributed by atoms with van der Waals surface area (Å²) in [6, 6.07) is 4.98. The smallest absolute Gasteiger partial charge is 0.125 e. The summed E-state index contributed by atoms with van der Waals surface area (Å²) >= 11 is 0. The first-order chi connectivity index (χ1) is 8.13. The quantitative estimate of drug-likeness (QED) is 0.817. The average molecular weight is 235 g/mol. The van der Waals surface area contributed by atoms with E-state index in [2.05, 4.69) is 38.2 Å². The Balaban J connectivity index is 2.80. The molecule has 2 nitrogen and oxygen atoms in total. The molecule has 1 unspecified atom stereocenters. The van der Waals surface area contributed by atoms with Crippen LogP contribution in [0.2, 0.25) is 0 Å². The van der Waals surface area contributed by atoms with Crippen molar-refractivity contribution in [3.8, 4) is 5.75 Å². The van der Waals surface area contributed by atoms with E-state index in [4.69, 9.17) is 4.74 Å². The molecule has 0 bridgehead atoms. The zero-order chi connectivity index (χ0) is 12.8. The molecule has 0 aliphatic carbocycles. The highest BCUT2D eigenvalue weighted by Gasteiger charge is 2.10. The van der Waals surface area contributed by atoms with Gasteiger partial charge in [-0.15, -0.1) is 0 Å². The van der Waals surface area contributed by atoms with Crippen LogP contribution in [0.25, 0.3) is 0 Å². The first-order valence-electron chi connectivity index (χ1n) is 6.44. The lowest BCUT2D eigenvalue weighted by molar-refractivity contribution is 0.403. The van der Waals surface area contributed by atoms with Gasteiger partial charge in [-0.1, -0.05) is 19.1 Å². The van der Waals surface area contributed by atoms with Gasteiger partial charge in [0.1, 0.15) is 5.75 Å². The van der Waals surface area contributed by atoms with E-state index in [1.54, 1.807) is 7.11 Å². The Kier molecular flexibility index (Phi) is 5.49. The van der Waals surface area contributed by atoms with E-state index in [1.165, 1.54) is 23.1 Å². The normalized spacial score (nSPS) is 12.5. The summed E-state index contributed by atoms with van der Waals surface area (Å²) < 4.78 is 5.54. The first-order valence-corrected chi connectivity index (χ1v) is 6.44. The van der Waals surface area contributed by atoms with E-state index < -0.39 is 0 Å². The minimum absolute atomic E-state index is 0.598. The third-order valence-electron chi connectivity index (χ3n) is 3.63. The fourth-order valence-electron chi connectivity index (χ4n) is 2.21. The van der Waals surface area contributed by atoms with Gasteiger partial charge >= 0.3 is 0 Å². The third kappa shape index (κ3) is 3.47. The molecule has 1 N–H and O–H groups in total. The fourth-order valence-corrected chi connectivity index (χ4v) is 2.21. The summed E-state index contributed by atoms with van der Waals surface area (Å²) in [4.78, 5) is 0. The molecule has 0 aromatic heterocycles. The van der Waals surface area contributed by atoms with Crippen molar-refractivity contribution < 1.29 is 4.74 Å². The molecule has 96 valence electrons. The molecule has 0 spiro atoms. The second-order valence-corrected chi connectivity index (χ2v) is 4.63. The summed E-state index contributed by atoms with van der Waals surface area (Å²) in [5.74, 6) is 1.07. The van der Waals surface area contributed by atoms with Gasteiger partial charge in [0, 0.05) is 6.04 Å². The van der Waals surface area contributed by atoms with Crippen molar-refractivity contribution in [3.63, 3.8) is 0 Å². The molecule has 0 fully saturated rings. The summed E-state index contributed by atoms with van der Waals surface area (Å²) in [6.45, 7) is 6.48. The molecule has 0 saturated carbocycles. The van der Waals surface area contributed by atoms with E-state index in [9.17, 15) is 0 Å². The largest absolute Gasteiger partial charge is 0.496 e. The second-order valence-electron chi connectivity index (χ2n) is 4.63. The number of aryl methyl sites for hydroxylation is 2. The Morgan fingerprint density at radius 3 is 2.53 bits per heavy atom. The van der Waals surface area contributed by atoms with Crippen LogP contribution in [0.3, 0.4) is 0 Å². The highest BCUT2D eigenvalue weighted by atomic mass is 16.5. The Morgan fingerprint density at radius 1 is 1.29 bits per heavy atom. The minimum atomic E-state index is 0.598. The molecule has 0 aliphatic rings. The van der Waals surface area contributed by atoms with Gasteiger partial charge in [0.05, 0.1) is 7.11 Å². The third-order valence-corrected chi connectivity index (χ3v) is 3.63.